The number of halogens is 3. The van der Waals surface area contributed by atoms with Crippen LogP contribution >= 0.6 is 0 Å². The molecule has 17 heavy (non-hydrogen) atoms. The van der Waals surface area contributed by atoms with Crippen molar-refractivity contribution in [3.05, 3.63) is 29.8 Å². The summed E-state index contributed by atoms with van der Waals surface area (Å²) in [6, 6.07) is 8.16. The number of nitriles is 1. The number of hydrogen-bond donors (Lipinski definition) is 0. The van der Waals surface area contributed by atoms with E-state index < -0.39 is 18.2 Å². The molecule has 2 nitrogen and oxygen atoms in total. The van der Waals surface area contributed by atoms with Crippen LogP contribution in [0.4, 0.5) is 13.2 Å². The maximum Gasteiger partial charge on any atom is 0.422 e. The molecule has 0 heterocycles. The Morgan fingerprint density at radius 3 is 2.12 bits per heavy atom. The van der Waals surface area contributed by atoms with Gasteiger partial charge in [0.15, 0.2) is 6.61 Å². The zero-order valence-corrected chi connectivity index (χ0v) is 9.51. The van der Waals surface area contributed by atoms with Crippen LogP contribution in [0.25, 0.3) is 0 Å². The third-order valence-corrected chi connectivity index (χ3v) is 2.26. The number of rotatable bonds is 3. The number of hydrogen-bond acceptors (Lipinski definition) is 2. The number of ether oxygens (including phenoxy) is 1. The van der Waals surface area contributed by atoms with Gasteiger partial charge in [0.05, 0.1) is 11.5 Å². The number of alkyl halides is 3. The predicted molar refractivity (Wildman–Crippen MR) is 56.6 cm³/mol. The highest BCUT2D eigenvalue weighted by atomic mass is 19.4. The SMILES string of the molecule is CC(C)(C#N)c1ccc(OCC(F)(F)F)cc1. The van der Waals surface area contributed by atoms with Crippen molar-refractivity contribution in [2.45, 2.75) is 25.4 Å². The molecule has 0 bridgehead atoms. The molecule has 1 aromatic carbocycles. The maximum atomic E-state index is 11.9. The topological polar surface area (TPSA) is 33.0 Å². The average Bonchev–Trinajstić information content (AvgIpc) is 2.26. The second-order valence-corrected chi connectivity index (χ2v) is 4.17. The highest BCUT2D eigenvalue weighted by Gasteiger charge is 2.28. The second kappa shape index (κ2) is 4.66. The maximum absolute atomic E-state index is 11.9. The van der Waals surface area contributed by atoms with Crippen molar-refractivity contribution in [3.63, 3.8) is 0 Å². The summed E-state index contributed by atoms with van der Waals surface area (Å²) in [7, 11) is 0. The van der Waals surface area contributed by atoms with Gasteiger partial charge in [-0.1, -0.05) is 12.1 Å². The van der Waals surface area contributed by atoms with E-state index in [-0.39, 0.29) is 5.75 Å². The Hall–Kier alpha value is -1.70. The molecule has 0 unspecified atom stereocenters. The first-order valence-electron chi connectivity index (χ1n) is 4.96. The van der Waals surface area contributed by atoms with Gasteiger partial charge in [0.1, 0.15) is 5.75 Å². The zero-order valence-electron chi connectivity index (χ0n) is 9.51. The van der Waals surface area contributed by atoms with Gasteiger partial charge in [-0.25, -0.2) is 0 Å². The average molecular weight is 243 g/mol. The summed E-state index contributed by atoms with van der Waals surface area (Å²) < 4.78 is 40.3. The lowest BCUT2D eigenvalue weighted by atomic mass is 9.86. The van der Waals surface area contributed by atoms with Crippen molar-refractivity contribution in [1.82, 2.24) is 0 Å². The molecule has 0 aliphatic heterocycles. The van der Waals surface area contributed by atoms with Crippen LogP contribution in [0, 0.1) is 11.3 Å². The summed E-state index contributed by atoms with van der Waals surface area (Å²) in [6.45, 7) is 2.16. The van der Waals surface area contributed by atoms with E-state index in [1.807, 2.05) is 0 Å². The molecule has 92 valence electrons. The highest BCUT2D eigenvalue weighted by molar-refractivity contribution is 5.35. The Morgan fingerprint density at radius 2 is 1.71 bits per heavy atom. The molecule has 0 radical (unpaired) electrons. The fourth-order valence-electron chi connectivity index (χ4n) is 1.20. The van der Waals surface area contributed by atoms with Gasteiger partial charge in [-0.15, -0.1) is 0 Å². The van der Waals surface area contributed by atoms with Gasteiger partial charge in [-0.05, 0) is 31.5 Å². The molecule has 5 heteroatoms. The normalized spacial score (nSPS) is 12.0. The molecule has 0 aromatic heterocycles. The van der Waals surface area contributed by atoms with Crippen molar-refractivity contribution in [2.75, 3.05) is 6.61 Å². The smallest absolute Gasteiger partial charge is 0.422 e. The van der Waals surface area contributed by atoms with Gasteiger partial charge in [-0.3, -0.25) is 0 Å². The Balaban J connectivity index is 2.73. The van der Waals surface area contributed by atoms with Crippen molar-refractivity contribution >= 4 is 0 Å². The number of nitrogens with zero attached hydrogens (tertiary/aromatic N) is 1. The van der Waals surface area contributed by atoms with Crippen molar-refractivity contribution < 1.29 is 17.9 Å². The lowest BCUT2D eigenvalue weighted by Crippen LogP contribution is -2.19. The van der Waals surface area contributed by atoms with Crippen LogP contribution in [-0.4, -0.2) is 12.8 Å². The third-order valence-electron chi connectivity index (χ3n) is 2.26. The lowest BCUT2D eigenvalue weighted by Gasteiger charge is -2.16. The van der Waals surface area contributed by atoms with Crippen LogP contribution in [0.1, 0.15) is 19.4 Å². The molecule has 0 saturated heterocycles. The van der Waals surface area contributed by atoms with E-state index in [0.29, 0.717) is 0 Å². The van der Waals surface area contributed by atoms with Crippen LogP contribution in [0.15, 0.2) is 24.3 Å². The quantitative estimate of drug-likeness (QED) is 0.814. The van der Waals surface area contributed by atoms with Crippen molar-refractivity contribution in [3.8, 4) is 11.8 Å². The molecule has 0 atom stereocenters. The predicted octanol–water partition coefficient (Wildman–Crippen LogP) is 3.43. The van der Waals surface area contributed by atoms with Crippen LogP contribution < -0.4 is 4.74 Å². The Bertz CT molecular complexity index is 415. The van der Waals surface area contributed by atoms with Crippen LogP contribution in [0.2, 0.25) is 0 Å². The van der Waals surface area contributed by atoms with Gasteiger partial charge in [0.2, 0.25) is 0 Å². The zero-order chi connectivity index (χ0) is 13.1. The lowest BCUT2D eigenvalue weighted by molar-refractivity contribution is -0.153. The summed E-state index contributed by atoms with van der Waals surface area (Å²) >= 11 is 0. The minimum atomic E-state index is -4.34. The first-order valence-corrected chi connectivity index (χ1v) is 4.96. The molecule has 0 saturated carbocycles. The van der Waals surface area contributed by atoms with Gasteiger partial charge < -0.3 is 4.74 Å². The monoisotopic (exact) mass is 243 g/mol. The molecule has 0 aliphatic carbocycles. The summed E-state index contributed by atoms with van der Waals surface area (Å²) in [5.74, 6) is 0.139. The summed E-state index contributed by atoms with van der Waals surface area (Å²) in [6.07, 6.45) is -4.34. The fourth-order valence-corrected chi connectivity index (χ4v) is 1.20. The van der Waals surface area contributed by atoms with Gasteiger partial charge >= 0.3 is 6.18 Å². The van der Waals surface area contributed by atoms with Crippen molar-refractivity contribution in [2.24, 2.45) is 0 Å². The third kappa shape index (κ3) is 3.99. The molecular weight excluding hydrogens is 231 g/mol. The van der Waals surface area contributed by atoms with Crippen molar-refractivity contribution in [1.29, 1.82) is 5.26 Å². The largest absolute Gasteiger partial charge is 0.484 e. The Kier molecular flexibility index (Phi) is 3.66. The number of benzene rings is 1. The van der Waals surface area contributed by atoms with E-state index in [1.54, 1.807) is 26.0 Å². The fraction of sp³-hybridized carbons (Fsp3) is 0.417. The highest BCUT2D eigenvalue weighted by Crippen LogP contribution is 2.25. The van der Waals surface area contributed by atoms with E-state index >= 15 is 0 Å². The van der Waals surface area contributed by atoms with Crippen LogP contribution in [0.3, 0.4) is 0 Å². The molecule has 0 spiro atoms. The Morgan fingerprint density at radius 1 is 1.18 bits per heavy atom. The minimum Gasteiger partial charge on any atom is -0.484 e. The Labute approximate surface area is 97.6 Å². The van der Waals surface area contributed by atoms with Gasteiger partial charge in [0.25, 0.3) is 0 Å². The molecule has 1 aromatic rings. The first-order chi connectivity index (χ1) is 7.74. The van der Waals surface area contributed by atoms with E-state index in [2.05, 4.69) is 10.8 Å². The summed E-state index contributed by atoms with van der Waals surface area (Å²) in [5.41, 5.74) is 0.0714. The van der Waals surface area contributed by atoms with E-state index in [9.17, 15) is 13.2 Å². The van der Waals surface area contributed by atoms with Gasteiger partial charge in [0, 0.05) is 0 Å². The molecule has 0 aliphatic rings. The molecule has 0 N–H and O–H groups in total. The van der Waals surface area contributed by atoms with E-state index in [4.69, 9.17) is 5.26 Å². The summed E-state index contributed by atoms with van der Waals surface area (Å²) in [4.78, 5) is 0. The minimum absolute atomic E-state index is 0.139. The molecule has 0 amide bonds. The van der Waals surface area contributed by atoms with E-state index in [0.717, 1.165) is 5.56 Å². The van der Waals surface area contributed by atoms with E-state index in [1.165, 1.54) is 12.1 Å². The molecule has 1 rings (SSSR count). The second-order valence-electron chi connectivity index (χ2n) is 4.17. The summed E-state index contributed by atoms with van der Waals surface area (Å²) in [5, 5.41) is 8.90. The van der Waals surface area contributed by atoms with Crippen LogP contribution in [0.5, 0.6) is 5.75 Å². The molecular formula is C12H12F3NO. The standard InChI is InChI=1S/C12H12F3NO/c1-11(2,7-16)9-3-5-10(6-4-9)17-8-12(13,14)15/h3-6H,8H2,1-2H3. The van der Waals surface area contributed by atoms with Crippen LogP contribution in [-0.2, 0) is 5.41 Å². The van der Waals surface area contributed by atoms with Gasteiger partial charge in [-0.2, -0.15) is 18.4 Å². The first kappa shape index (κ1) is 13.4. The molecule has 0 fully saturated rings.